The zero-order chi connectivity index (χ0) is 12.4. The van der Waals surface area contributed by atoms with E-state index in [1.54, 1.807) is 6.07 Å². The molecule has 0 unspecified atom stereocenters. The van der Waals surface area contributed by atoms with E-state index in [0.29, 0.717) is 12.6 Å². The first-order chi connectivity index (χ1) is 8.08. The lowest BCUT2D eigenvalue weighted by Gasteiger charge is -2.34. The summed E-state index contributed by atoms with van der Waals surface area (Å²) in [6.07, 6.45) is 3.71. The van der Waals surface area contributed by atoms with Gasteiger partial charge in [-0.05, 0) is 31.5 Å². The maximum atomic E-state index is 13.3. The molecule has 17 heavy (non-hydrogen) atoms. The van der Waals surface area contributed by atoms with E-state index in [1.165, 1.54) is 31.4 Å². The Balaban J connectivity index is 2.07. The van der Waals surface area contributed by atoms with Gasteiger partial charge in [-0.25, -0.2) is 4.39 Å². The van der Waals surface area contributed by atoms with E-state index in [2.05, 4.69) is 4.90 Å². The van der Waals surface area contributed by atoms with Crippen LogP contribution in [0, 0.1) is 5.82 Å². The zero-order valence-electron chi connectivity index (χ0n) is 9.93. The van der Waals surface area contributed by atoms with Gasteiger partial charge < -0.3 is 10.0 Å². The third kappa shape index (κ3) is 2.86. The Kier molecular flexibility index (Phi) is 3.81. The molecular formula is C12H17BFNO2. The quantitative estimate of drug-likeness (QED) is 0.749. The molecule has 2 rings (SSSR count). The molecule has 5 heteroatoms. The lowest BCUT2D eigenvalue weighted by Crippen LogP contribution is -2.37. The van der Waals surface area contributed by atoms with Gasteiger partial charge in [-0.15, -0.1) is 0 Å². The fourth-order valence-corrected chi connectivity index (χ4v) is 2.13. The highest BCUT2D eigenvalue weighted by Crippen LogP contribution is 2.24. The van der Waals surface area contributed by atoms with Crippen molar-refractivity contribution < 1.29 is 14.4 Å². The van der Waals surface area contributed by atoms with Crippen molar-refractivity contribution in [1.29, 1.82) is 0 Å². The zero-order valence-corrected chi connectivity index (χ0v) is 9.93. The summed E-state index contributed by atoms with van der Waals surface area (Å²) < 4.78 is 13.3. The standard InChI is InChI=1S/C12H17BFNO2/c1-15(10-3-2-4-10)8-9-5-6-12(14)11(7-9)13(16)17/h5-7,10,16-17H,2-4,8H2,1H3. The van der Waals surface area contributed by atoms with Gasteiger partial charge in [-0.3, -0.25) is 4.90 Å². The van der Waals surface area contributed by atoms with Gasteiger partial charge in [-0.1, -0.05) is 18.6 Å². The minimum Gasteiger partial charge on any atom is -0.423 e. The summed E-state index contributed by atoms with van der Waals surface area (Å²) in [5, 5.41) is 18.1. The van der Waals surface area contributed by atoms with Crippen LogP contribution in [0.5, 0.6) is 0 Å². The molecule has 0 amide bonds. The topological polar surface area (TPSA) is 43.7 Å². The molecule has 0 bridgehead atoms. The molecule has 1 fully saturated rings. The van der Waals surface area contributed by atoms with E-state index < -0.39 is 12.9 Å². The van der Waals surface area contributed by atoms with Gasteiger partial charge in [0.1, 0.15) is 5.82 Å². The van der Waals surface area contributed by atoms with Crippen molar-refractivity contribution in [1.82, 2.24) is 4.90 Å². The van der Waals surface area contributed by atoms with Crippen molar-refractivity contribution in [2.45, 2.75) is 31.8 Å². The molecule has 1 aliphatic rings. The fourth-order valence-electron chi connectivity index (χ4n) is 2.13. The summed E-state index contributed by atoms with van der Waals surface area (Å²) in [5.74, 6) is -0.574. The van der Waals surface area contributed by atoms with Gasteiger partial charge in [0.25, 0.3) is 0 Å². The van der Waals surface area contributed by atoms with Gasteiger partial charge in [0.15, 0.2) is 0 Å². The third-order valence-corrected chi connectivity index (χ3v) is 3.47. The van der Waals surface area contributed by atoms with Crippen molar-refractivity contribution in [3.63, 3.8) is 0 Å². The van der Waals surface area contributed by atoms with Crippen LogP contribution >= 0.6 is 0 Å². The summed E-state index contributed by atoms with van der Waals surface area (Å²) >= 11 is 0. The van der Waals surface area contributed by atoms with Crippen molar-refractivity contribution in [3.05, 3.63) is 29.6 Å². The minimum atomic E-state index is -1.75. The predicted octanol–water partition coefficient (Wildman–Crippen LogP) is 0.490. The van der Waals surface area contributed by atoms with Crippen LogP contribution in [0.3, 0.4) is 0 Å². The average Bonchev–Trinajstić information content (AvgIpc) is 2.17. The van der Waals surface area contributed by atoms with E-state index in [1.807, 2.05) is 7.05 Å². The Bertz CT molecular complexity index is 396. The summed E-state index contributed by atoms with van der Waals surface area (Å²) in [6.45, 7) is 0.713. The molecular weight excluding hydrogens is 220 g/mol. The van der Waals surface area contributed by atoms with E-state index in [4.69, 9.17) is 10.0 Å². The summed E-state index contributed by atoms with van der Waals surface area (Å²) in [5.41, 5.74) is 0.855. The van der Waals surface area contributed by atoms with Crippen LogP contribution in [0.15, 0.2) is 18.2 Å². The van der Waals surface area contributed by atoms with Crippen molar-refractivity contribution in [3.8, 4) is 0 Å². The largest absolute Gasteiger partial charge is 0.491 e. The first-order valence-electron chi connectivity index (χ1n) is 5.92. The van der Waals surface area contributed by atoms with Gasteiger partial charge >= 0.3 is 7.12 Å². The molecule has 0 radical (unpaired) electrons. The second-order valence-corrected chi connectivity index (χ2v) is 4.73. The number of benzene rings is 1. The smallest absolute Gasteiger partial charge is 0.423 e. The molecule has 0 atom stereocenters. The predicted molar refractivity (Wildman–Crippen MR) is 65.3 cm³/mol. The first-order valence-corrected chi connectivity index (χ1v) is 5.92. The van der Waals surface area contributed by atoms with E-state index in [0.717, 1.165) is 5.56 Å². The number of hydrogen-bond acceptors (Lipinski definition) is 3. The van der Waals surface area contributed by atoms with Gasteiger partial charge in [0.2, 0.25) is 0 Å². The van der Waals surface area contributed by atoms with Crippen LogP contribution < -0.4 is 5.46 Å². The van der Waals surface area contributed by atoms with Crippen LogP contribution in [-0.4, -0.2) is 35.2 Å². The lowest BCUT2D eigenvalue weighted by atomic mass is 9.79. The molecule has 1 aromatic carbocycles. The highest BCUT2D eigenvalue weighted by Gasteiger charge is 2.22. The highest BCUT2D eigenvalue weighted by atomic mass is 19.1. The van der Waals surface area contributed by atoms with Crippen LogP contribution in [-0.2, 0) is 6.54 Å². The minimum absolute atomic E-state index is 0.0514. The van der Waals surface area contributed by atoms with Crippen molar-refractivity contribution in [2.24, 2.45) is 0 Å². The summed E-state index contributed by atoms with van der Waals surface area (Å²) in [4.78, 5) is 2.23. The maximum Gasteiger partial charge on any atom is 0.491 e. The second-order valence-electron chi connectivity index (χ2n) is 4.73. The Morgan fingerprint density at radius 1 is 1.41 bits per heavy atom. The van der Waals surface area contributed by atoms with Crippen LogP contribution in [0.1, 0.15) is 24.8 Å². The van der Waals surface area contributed by atoms with Crippen molar-refractivity contribution >= 4 is 12.6 Å². The number of hydrogen-bond donors (Lipinski definition) is 2. The summed E-state index contributed by atoms with van der Waals surface area (Å²) in [6, 6.07) is 5.12. The average molecular weight is 237 g/mol. The summed E-state index contributed by atoms with van der Waals surface area (Å²) in [7, 11) is 0.298. The second kappa shape index (κ2) is 5.17. The molecule has 1 saturated carbocycles. The molecule has 2 N–H and O–H groups in total. The molecule has 3 nitrogen and oxygen atoms in total. The molecule has 0 aromatic heterocycles. The number of halogens is 1. The lowest BCUT2D eigenvalue weighted by molar-refractivity contribution is 0.152. The normalized spacial score (nSPS) is 16.1. The Morgan fingerprint density at radius 3 is 2.65 bits per heavy atom. The third-order valence-electron chi connectivity index (χ3n) is 3.47. The molecule has 0 spiro atoms. The van der Waals surface area contributed by atoms with E-state index >= 15 is 0 Å². The van der Waals surface area contributed by atoms with Crippen LogP contribution in [0.4, 0.5) is 4.39 Å². The van der Waals surface area contributed by atoms with Crippen LogP contribution in [0.25, 0.3) is 0 Å². The Labute approximate surface area is 101 Å². The highest BCUT2D eigenvalue weighted by molar-refractivity contribution is 6.58. The number of nitrogens with zero attached hydrogens (tertiary/aromatic N) is 1. The molecule has 1 aromatic rings. The maximum absolute atomic E-state index is 13.3. The first kappa shape index (κ1) is 12.5. The molecule has 1 aliphatic carbocycles. The monoisotopic (exact) mass is 237 g/mol. The fraction of sp³-hybridized carbons (Fsp3) is 0.500. The van der Waals surface area contributed by atoms with Crippen LogP contribution in [0.2, 0.25) is 0 Å². The number of rotatable bonds is 4. The van der Waals surface area contributed by atoms with Gasteiger partial charge in [0.05, 0.1) is 0 Å². The Morgan fingerprint density at radius 2 is 2.12 bits per heavy atom. The molecule has 0 saturated heterocycles. The molecule has 92 valence electrons. The van der Waals surface area contributed by atoms with Crippen molar-refractivity contribution in [2.75, 3.05) is 7.05 Å². The van der Waals surface area contributed by atoms with E-state index in [9.17, 15) is 4.39 Å². The van der Waals surface area contributed by atoms with Gasteiger partial charge in [-0.2, -0.15) is 0 Å². The Hall–Kier alpha value is -0.905. The molecule has 0 heterocycles. The van der Waals surface area contributed by atoms with E-state index in [-0.39, 0.29) is 5.46 Å². The SMILES string of the molecule is CN(Cc1ccc(F)c(B(O)O)c1)C1CCC1. The van der Waals surface area contributed by atoms with Gasteiger partial charge in [0, 0.05) is 18.0 Å². The molecule has 0 aliphatic heterocycles.